The molecule has 0 amide bonds. The monoisotopic (exact) mass is 189 g/mol. The van der Waals surface area contributed by atoms with Crippen LogP contribution in [-0.2, 0) is 9.47 Å². The molecule has 80 valence electrons. The van der Waals surface area contributed by atoms with Crippen LogP contribution in [0.1, 0.15) is 33.1 Å². The van der Waals surface area contributed by atoms with Gasteiger partial charge in [0.15, 0.2) is 0 Å². The standard InChI is InChI=1S/C10H23NO2/c1-3-5-6-7-12-9-10(8-11)13-4-2/h10H,3-9,11H2,1-2H3. The van der Waals surface area contributed by atoms with Crippen molar-refractivity contribution in [2.45, 2.75) is 39.2 Å². The molecule has 2 N–H and O–H groups in total. The molecule has 0 aromatic heterocycles. The van der Waals surface area contributed by atoms with Crippen LogP contribution in [0, 0.1) is 0 Å². The van der Waals surface area contributed by atoms with E-state index in [1.165, 1.54) is 12.8 Å². The fourth-order valence-electron chi connectivity index (χ4n) is 1.09. The predicted octanol–water partition coefficient (Wildman–Crippen LogP) is 1.56. The number of hydrogen-bond donors (Lipinski definition) is 1. The minimum Gasteiger partial charge on any atom is -0.379 e. The van der Waals surface area contributed by atoms with Crippen LogP contribution in [0.25, 0.3) is 0 Å². The Morgan fingerprint density at radius 1 is 1.23 bits per heavy atom. The van der Waals surface area contributed by atoms with E-state index < -0.39 is 0 Å². The minimum atomic E-state index is 0.0756. The number of rotatable bonds is 9. The van der Waals surface area contributed by atoms with E-state index in [1.807, 2.05) is 6.92 Å². The Kier molecular flexibility index (Phi) is 9.87. The van der Waals surface area contributed by atoms with E-state index in [9.17, 15) is 0 Å². The van der Waals surface area contributed by atoms with Crippen molar-refractivity contribution in [1.82, 2.24) is 0 Å². The van der Waals surface area contributed by atoms with Crippen molar-refractivity contribution in [3.63, 3.8) is 0 Å². The van der Waals surface area contributed by atoms with Crippen LogP contribution in [0.2, 0.25) is 0 Å². The molecule has 1 atom stereocenters. The zero-order valence-electron chi connectivity index (χ0n) is 8.92. The van der Waals surface area contributed by atoms with Crippen LogP contribution < -0.4 is 5.73 Å². The van der Waals surface area contributed by atoms with Crippen molar-refractivity contribution >= 4 is 0 Å². The van der Waals surface area contributed by atoms with Crippen molar-refractivity contribution < 1.29 is 9.47 Å². The van der Waals surface area contributed by atoms with Crippen molar-refractivity contribution in [2.75, 3.05) is 26.4 Å². The molecule has 3 heteroatoms. The molecule has 1 unspecified atom stereocenters. The summed E-state index contributed by atoms with van der Waals surface area (Å²) in [5.74, 6) is 0. The van der Waals surface area contributed by atoms with Crippen LogP contribution >= 0.6 is 0 Å². The Hall–Kier alpha value is -0.120. The molecule has 0 saturated carbocycles. The highest BCUT2D eigenvalue weighted by molar-refractivity contribution is 4.56. The van der Waals surface area contributed by atoms with E-state index in [2.05, 4.69) is 6.92 Å². The van der Waals surface area contributed by atoms with Gasteiger partial charge in [0.05, 0.1) is 12.7 Å². The summed E-state index contributed by atoms with van der Waals surface area (Å²) in [7, 11) is 0. The van der Waals surface area contributed by atoms with E-state index in [-0.39, 0.29) is 6.10 Å². The number of hydrogen-bond acceptors (Lipinski definition) is 3. The summed E-state index contributed by atoms with van der Waals surface area (Å²) in [6.45, 7) is 6.87. The zero-order valence-corrected chi connectivity index (χ0v) is 8.92. The summed E-state index contributed by atoms with van der Waals surface area (Å²) in [5.41, 5.74) is 5.49. The Labute approximate surface area is 81.6 Å². The fraction of sp³-hybridized carbons (Fsp3) is 1.00. The van der Waals surface area contributed by atoms with Crippen LogP contribution in [0.4, 0.5) is 0 Å². The summed E-state index contributed by atoms with van der Waals surface area (Å²) in [6, 6.07) is 0. The zero-order chi connectivity index (χ0) is 9.94. The van der Waals surface area contributed by atoms with Crippen LogP contribution in [0.3, 0.4) is 0 Å². The third kappa shape index (κ3) is 8.22. The number of nitrogens with two attached hydrogens (primary N) is 1. The SMILES string of the molecule is CCCCCOCC(CN)OCC. The Morgan fingerprint density at radius 3 is 2.54 bits per heavy atom. The highest BCUT2D eigenvalue weighted by Crippen LogP contribution is 1.96. The van der Waals surface area contributed by atoms with E-state index >= 15 is 0 Å². The topological polar surface area (TPSA) is 44.5 Å². The van der Waals surface area contributed by atoms with Gasteiger partial charge in [-0.25, -0.2) is 0 Å². The van der Waals surface area contributed by atoms with Crippen LogP contribution in [0.15, 0.2) is 0 Å². The quantitative estimate of drug-likeness (QED) is 0.560. The lowest BCUT2D eigenvalue weighted by atomic mass is 10.3. The average Bonchev–Trinajstić information content (AvgIpc) is 2.16. The van der Waals surface area contributed by atoms with Crippen LogP contribution in [-0.4, -0.2) is 32.5 Å². The lowest BCUT2D eigenvalue weighted by Crippen LogP contribution is -2.29. The van der Waals surface area contributed by atoms with E-state index in [1.54, 1.807) is 0 Å². The largest absolute Gasteiger partial charge is 0.379 e. The van der Waals surface area contributed by atoms with Crippen molar-refractivity contribution in [3.8, 4) is 0 Å². The number of ether oxygens (including phenoxy) is 2. The van der Waals surface area contributed by atoms with Gasteiger partial charge in [-0.05, 0) is 13.3 Å². The highest BCUT2D eigenvalue weighted by Gasteiger charge is 2.04. The molecule has 0 bridgehead atoms. The molecule has 0 aliphatic rings. The summed E-state index contributed by atoms with van der Waals surface area (Å²) in [4.78, 5) is 0. The highest BCUT2D eigenvalue weighted by atomic mass is 16.5. The summed E-state index contributed by atoms with van der Waals surface area (Å²) in [5, 5.41) is 0. The molecule has 0 radical (unpaired) electrons. The third-order valence-corrected chi connectivity index (χ3v) is 1.86. The Morgan fingerprint density at radius 2 is 2.00 bits per heavy atom. The Bertz CT molecular complexity index is 98.9. The fourth-order valence-corrected chi connectivity index (χ4v) is 1.09. The molecule has 0 fully saturated rings. The van der Waals surface area contributed by atoms with Crippen molar-refractivity contribution in [2.24, 2.45) is 5.73 Å². The molecule has 0 spiro atoms. The molecular weight excluding hydrogens is 166 g/mol. The third-order valence-electron chi connectivity index (χ3n) is 1.86. The second kappa shape index (κ2) is 9.96. The normalized spacial score (nSPS) is 13.2. The Balaban J connectivity index is 3.17. The molecule has 0 saturated heterocycles. The van der Waals surface area contributed by atoms with E-state index in [0.29, 0.717) is 19.8 Å². The average molecular weight is 189 g/mol. The van der Waals surface area contributed by atoms with Gasteiger partial charge in [-0.3, -0.25) is 0 Å². The minimum absolute atomic E-state index is 0.0756. The number of unbranched alkanes of at least 4 members (excludes halogenated alkanes) is 2. The van der Waals surface area contributed by atoms with Crippen LogP contribution in [0.5, 0.6) is 0 Å². The van der Waals surface area contributed by atoms with Crippen molar-refractivity contribution in [1.29, 1.82) is 0 Å². The first-order valence-corrected chi connectivity index (χ1v) is 5.24. The second-order valence-electron chi connectivity index (χ2n) is 3.10. The molecular formula is C10H23NO2. The van der Waals surface area contributed by atoms with Gasteiger partial charge in [0, 0.05) is 19.8 Å². The lowest BCUT2D eigenvalue weighted by molar-refractivity contribution is -0.00725. The first-order valence-electron chi connectivity index (χ1n) is 5.24. The van der Waals surface area contributed by atoms with Gasteiger partial charge < -0.3 is 15.2 Å². The molecule has 0 heterocycles. The summed E-state index contributed by atoms with van der Waals surface area (Å²) >= 11 is 0. The second-order valence-corrected chi connectivity index (χ2v) is 3.10. The molecule has 0 aliphatic carbocycles. The molecule has 0 aromatic rings. The molecule has 0 aromatic carbocycles. The maximum atomic E-state index is 5.49. The van der Waals surface area contributed by atoms with Gasteiger partial charge in [-0.2, -0.15) is 0 Å². The summed E-state index contributed by atoms with van der Waals surface area (Å²) in [6.07, 6.45) is 3.68. The maximum Gasteiger partial charge on any atom is 0.0930 e. The molecule has 0 aliphatic heterocycles. The van der Waals surface area contributed by atoms with Gasteiger partial charge in [0.2, 0.25) is 0 Å². The lowest BCUT2D eigenvalue weighted by Gasteiger charge is -2.14. The molecule has 13 heavy (non-hydrogen) atoms. The first kappa shape index (κ1) is 12.9. The van der Waals surface area contributed by atoms with Gasteiger partial charge in [0.25, 0.3) is 0 Å². The van der Waals surface area contributed by atoms with Gasteiger partial charge in [-0.15, -0.1) is 0 Å². The van der Waals surface area contributed by atoms with Gasteiger partial charge in [-0.1, -0.05) is 19.8 Å². The van der Waals surface area contributed by atoms with E-state index in [4.69, 9.17) is 15.2 Å². The smallest absolute Gasteiger partial charge is 0.0930 e. The van der Waals surface area contributed by atoms with Gasteiger partial charge in [0.1, 0.15) is 0 Å². The molecule has 3 nitrogen and oxygen atoms in total. The predicted molar refractivity (Wildman–Crippen MR) is 54.8 cm³/mol. The molecule has 0 rings (SSSR count). The van der Waals surface area contributed by atoms with Crippen molar-refractivity contribution in [3.05, 3.63) is 0 Å². The van der Waals surface area contributed by atoms with E-state index in [0.717, 1.165) is 13.0 Å². The first-order chi connectivity index (χ1) is 6.35. The maximum absolute atomic E-state index is 5.49. The summed E-state index contributed by atoms with van der Waals surface area (Å²) < 4.78 is 10.8. The van der Waals surface area contributed by atoms with Gasteiger partial charge >= 0.3 is 0 Å².